The Balaban J connectivity index is 2.18. The molecule has 3 rings (SSSR count). The first-order chi connectivity index (χ1) is 9.24. The van der Waals surface area contributed by atoms with Crippen LogP contribution in [0.5, 0.6) is 0 Å². The van der Waals surface area contributed by atoms with Gasteiger partial charge in [-0.05, 0) is 55.1 Å². The van der Waals surface area contributed by atoms with E-state index in [0.29, 0.717) is 0 Å². The van der Waals surface area contributed by atoms with Crippen molar-refractivity contribution in [2.24, 2.45) is 0 Å². The zero-order valence-corrected chi connectivity index (χ0v) is 12.6. The Morgan fingerprint density at radius 3 is 2.74 bits per heavy atom. The van der Waals surface area contributed by atoms with Crippen LogP contribution in [0, 0.1) is 0 Å². The number of halogens is 1. The number of nitrogens with zero attached hydrogens (tertiary/aromatic N) is 4. The molecule has 0 radical (unpaired) electrons. The lowest BCUT2D eigenvalue weighted by Crippen LogP contribution is -1.87. The fourth-order valence-corrected chi connectivity index (χ4v) is 2.49. The van der Waals surface area contributed by atoms with Crippen LogP contribution in [0.3, 0.4) is 0 Å². The van der Waals surface area contributed by atoms with Gasteiger partial charge in [0.05, 0.1) is 5.69 Å². The Kier molecular flexibility index (Phi) is 3.40. The Bertz CT molecular complexity index is 712. The molecular weight excluding hydrogens is 323 g/mol. The summed E-state index contributed by atoms with van der Waals surface area (Å²) in [6.45, 7) is 0. The molecule has 0 aliphatic heterocycles. The molecular formula is C13H10BrN4P. The zero-order valence-electron chi connectivity index (χ0n) is 9.86. The van der Waals surface area contributed by atoms with Crippen LogP contribution < -0.4 is 0 Å². The van der Waals surface area contributed by atoms with E-state index in [2.05, 4.69) is 40.4 Å². The molecule has 0 bridgehead atoms. The molecule has 1 unspecified atom stereocenters. The Morgan fingerprint density at radius 1 is 1.11 bits per heavy atom. The quantitative estimate of drug-likeness (QED) is 0.533. The van der Waals surface area contributed by atoms with Crippen LogP contribution in [0.25, 0.3) is 22.5 Å². The predicted molar refractivity (Wildman–Crippen MR) is 81.5 cm³/mol. The van der Waals surface area contributed by atoms with Crippen molar-refractivity contribution < 1.29 is 0 Å². The van der Waals surface area contributed by atoms with Crippen molar-refractivity contribution in [3.05, 3.63) is 53.5 Å². The summed E-state index contributed by atoms with van der Waals surface area (Å²) in [4.78, 5) is 8.50. The molecule has 0 amide bonds. The summed E-state index contributed by atoms with van der Waals surface area (Å²) in [5, 5.41) is 4.47. The van der Waals surface area contributed by atoms with Gasteiger partial charge >= 0.3 is 0 Å². The van der Waals surface area contributed by atoms with Gasteiger partial charge in [0.2, 0.25) is 0 Å². The summed E-state index contributed by atoms with van der Waals surface area (Å²) in [6, 6.07) is 9.72. The minimum Gasteiger partial charge on any atom is -0.257 e. The van der Waals surface area contributed by atoms with Crippen LogP contribution >= 0.6 is 25.3 Å². The minimum absolute atomic E-state index is 0.800. The highest BCUT2D eigenvalue weighted by Crippen LogP contribution is 2.31. The van der Waals surface area contributed by atoms with E-state index in [1.54, 1.807) is 16.8 Å². The van der Waals surface area contributed by atoms with E-state index in [9.17, 15) is 0 Å². The average Bonchev–Trinajstić information content (AvgIpc) is 2.82. The third kappa shape index (κ3) is 2.57. The number of hydrogen-bond donors (Lipinski definition) is 0. The molecule has 94 valence electrons. The van der Waals surface area contributed by atoms with Gasteiger partial charge in [-0.2, -0.15) is 5.10 Å². The van der Waals surface area contributed by atoms with Crippen LogP contribution in [0.2, 0.25) is 0 Å². The Hall–Kier alpha value is -1.58. The van der Waals surface area contributed by atoms with E-state index in [0.717, 1.165) is 27.1 Å². The first-order valence-corrected chi connectivity index (χ1v) is 6.93. The van der Waals surface area contributed by atoms with Crippen LogP contribution in [-0.2, 0) is 0 Å². The fourth-order valence-electron chi connectivity index (χ4n) is 1.86. The highest BCUT2D eigenvalue weighted by atomic mass is 79.9. The first kappa shape index (κ1) is 12.5. The molecule has 3 aromatic rings. The molecule has 3 aromatic heterocycles. The molecule has 0 saturated heterocycles. The SMILES string of the molecule is Pn1cc(-c2ccnc(Br)c2)c(-c2ccccn2)n1. The predicted octanol–water partition coefficient (Wildman–Crippen LogP) is 3.41. The van der Waals surface area contributed by atoms with Crippen molar-refractivity contribution in [1.82, 2.24) is 19.5 Å². The molecule has 6 heteroatoms. The average molecular weight is 333 g/mol. The highest BCUT2D eigenvalue weighted by molar-refractivity contribution is 9.10. The maximum Gasteiger partial charge on any atom is 0.119 e. The summed E-state index contributed by atoms with van der Waals surface area (Å²) in [6.07, 6.45) is 5.49. The first-order valence-electron chi connectivity index (χ1n) is 5.62. The van der Waals surface area contributed by atoms with Gasteiger partial charge < -0.3 is 0 Å². The van der Waals surface area contributed by atoms with Crippen LogP contribution in [-0.4, -0.2) is 19.5 Å². The Morgan fingerprint density at radius 2 is 2.00 bits per heavy atom. The fraction of sp³-hybridized carbons (Fsp3) is 0. The maximum atomic E-state index is 4.47. The lowest BCUT2D eigenvalue weighted by Gasteiger charge is -2.02. The topological polar surface area (TPSA) is 43.6 Å². The molecule has 0 fully saturated rings. The molecule has 19 heavy (non-hydrogen) atoms. The summed E-state index contributed by atoms with van der Waals surface area (Å²) in [5.74, 6) is 0. The second-order valence-corrected chi connectivity index (χ2v) is 5.30. The monoisotopic (exact) mass is 332 g/mol. The molecule has 0 aromatic carbocycles. The molecule has 0 spiro atoms. The third-order valence-electron chi connectivity index (χ3n) is 2.68. The van der Waals surface area contributed by atoms with Crippen molar-refractivity contribution in [2.75, 3.05) is 0 Å². The van der Waals surface area contributed by atoms with Gasteiger partial charge in [0, 0.05) is 24.2 Å². The molecule has 0 aliphatic carbocycles. The van der Waals surface area contributed by atoms with Gasteiger partial charge in [0.1, 0.15) is 10.3 Å². The largest absolute Gasteiger partial charge is 0.257 e. The molecule has 1 atom stereocenters. The third-order valence-corrected chi connectivity index (χ3v) is 3.38. The molecule has 3 heterocycles. The molecule has 4 nitrogen and oxygen atoms in total. The zero-order chi connectivity index (χ0) is 13.2. The normalized spacial score (nSPS) is 10.6. The second kappa shape index (κ2) is 5.19. The molecule has 0 N–H and O–H groups in total. The van der Waals surface area contributed by atoms with E-state index in [1.165, 1.54) is 0 Å². The smallest absolute Gasteiger partial charge is 0.119 e. The van der Waals surface area contributed by atoms with Crippen LogP contribution in [0.4, 0.5) is 0 Å². The van der Waals surface area contributed by atoms with Crippen molar-refractivity contribution >= 4 is 25.3 Å². The highest BCUT2D eigenvalue weighted by Gasteiger charge is 2.13. The second-order valence-electron chi connectivity index (χ2n) is 3.95. The van der Waals surface area contributed by atoms with Gasteiger partial charge in [0.15, 0.2) is 0 Å². The van der Waals surface area contributed by atoms with Crippen molar-refractivity contribution in [3.63, 3.8) is 0 Å². The summed E-state index contributed by atoms with van der Waals surface area (Å²) in [7, 11) is 2.55. The molecule has 0 saturated carbocycles. The van der Waals surface area contributed by atoms with E-state index in [-0.39, 0.29) is 0 Å². The van der Waals surface area contributed by atoms with E-state index in [4.69, 9.17) is 0 Å². The lowest BCUT2D eigenvalue weighted by atomic mass is 10.1. The van der Waals surface area contributed by atoms with Gasteiger partial charge in [-0.25, -0.2) is 4.98 Å². The number of pyridine rings is 2. The van der Waals surface area contributed by atoms with Gasteiger partial charge in [0.25, 0.3) is 0 Å². The van der Waals surface area contributed by atoms with Crippen molar-refractivity contribution in [1.29, 1.82) is 0 Å². The maximum absolute atomic E-state index is 4.47. The van der Waals surface area contributed by atoms with Gasteiger partial charge in [-0.1, -0.05) is 6.07 Å². The summed E-state index contributed by atoms with van der Waals surface area (Å²) < 4.78 is 2.52. The Labute approximate surface area is 121 Å². The summed E-state index contributed by atoms with van der Waals surface area (Å²) in [5.41, 5.74) is 3.79. The van der Waals surface area contributed by atoms with E-state index < -0.39 is 0 Å². The number of hydrogen-bond acceptors (Lipinski definition) is 3. The van der Waals surface area contributed by atoms with Crippen LogP contribution in [0.1, 0.15) is 0 Å². The van der Waals surface area contributed by atoms with Crippen LogP contribution in [0.15, 0.2) is 53.5 Å². The van der Waals surface area contributed by atoms with Gasteiger partial charge in [-0.15, -0.1) is 0 Å². The van der Waals surface area contributed by atoms with E-state index in [1.807, 2.05) is 36.5 Å². The van der Waals surface area contributed by atoms with E-state index >= 15 is 0 Å². The van der Waals surface area contributed by atoms with Crippen molar-refractivity contribution in [3.8, 4) is 22.5 Å². The number of rotatable bonds is 2. The number of aromatic nitrogens is 4. The standard InChI is InChI=1S/C13H10BrN4P/c14-12-7-9(4-6-16-12)10-8-18(19)17-13(10)11-3-1-2-5-15-11/h1-8H,19H2. The molecule has 0 aliphatic rings. The van der Waals surface area contributed by atoms with Crippen molar-refractivity contribution in [2.45, 2.75) is 0 Å². The lowest BCUT2D eigenvalue weighted by molar-refractivity contribution is 1.01. The summed E-state index contributed by atoms with van der Waals surface area (Å²) >= 11 is 3.39. The van der Waals surface area contributed by atoms with Gasteiger partial charge in [-0.3, -0.25) is 9.44 Å². The minimum atomic E-state index is 0.800.